The minimum atomic E-state index is -0.479. The van der Waals surface area contributed by atoms with Gasteiger partial charge < -0.3 is 9.14 Å². The summed E-state index contributed by atoms with van der Waals surface area (Å²) in [6, 6.07) is 11.5. The second kappa shape index (κ2) is 5.78. The minimum Gasteiger partial charge on any atom is -0.491 e. The van der Waals surface area contributed by atoms with Crippen molar-refractivity contribution in [1.29, 1.82) is 0 Å². The van der Waals surface area contributed by atoms with E-state index in [1.165, 1.54) is 0 Å². The van der Waals surface area contributed by atoms with Gasteiger partial charge in [0.25, 0.3) is 0 Å². The molecule has 0 amide bonds. The Labute approximate surface area is 129 Å². The van der Waals surface area contributed by atoms with Crippen LogP contribution >= 0.6 is 22.6 Å². The number of rotatable bonds is 4. The van der Waals surface area contributed by atoms with Gasteiger partial charge in [0, 0.05) is 21.5 Å². The van der Waals surface area contributed by atoms with Crippen LogP contribution in [0.2, 0.25) is 0 Å². The highest BCUT2D eigenvalue weighted by Crippen LogP contribution is 2.22. The molecule has 0 aliphatic rings. The maximum Gasteiger partial charge on any atom is 0.137 e. The molecule has 2 aromatic heterocycles. The van der Waals surface area contributed by atoms with Crippen LogP contribution in [0.4, 0.5) is 4.39 Å². The predicted octanol–water partition coefficient (Wildman–Crippen LogP) is 3.95. The van der Waals surface area contributed by atoms with Crippen molar-refractivity contribution in [2.24, 2.45) is 0 Å². The summed E-state index contributed by atoms with van der Waals surface area (Å²) < 4.78 is 20.4. The van der Waals surface area contributed by atoms with Gasteiger partial charge in [-0.05, 0) is 59.0 Å². The summed E-state index contributed by atoms with van der Waals surface area (Å²) in [6.45, 7) is -0.390. The minimum absolute atomic E-state index is 0.0894. The molecule has 3 rings (SSSR count). The number of fused-ring (bicyclic) bond motifs is 1. The van der Waals surface area contributed by atoms with E-state index in [4.69, 9.17) is 4.74 Å². The molecule has 0 aliphatic heterocycles. The van der Waals surface area contributed by atoms with Crippen LogP contribution in [0.3, 0.4) is 0 Å². The number of hydrogen-bond donors (Lipinski definition) is 0. The van der Waals surface area contributed by atoms with Crippen LogP contribution < -0.4 is 4.74 Å². The SMILES string of the molecule is FCCOc1ccc(-c2cn3cc(I)ccc3n2)cc1. The lowest BCUT2D eigenvalue weighted by Crippen LogP contribution is -1.98. The first-order chi connectivity index (χ1) is 9.76. The van der Waals surface area contributed by atoms with Crippen molar-refractivity contribution < 1.29 is 9.13 Å². The first-order valence-electron chi connectivity index (χ1n) is 6.20. The first kappa shape index (κ1) is 13.4. The molecule has 0 bridgehead atoms. The lowest BCUT2D eigenvalue weighted by Gasteiger charge is -2.03. The molecule has 5 heteroatoms. The fraction of sp³-hybridized carbons (Fsp3) is 0.133. The Bertz CT molecular complexity index is 724. The van der Waals surface area contributed by atoms with Crippen LogP contribution in [0, 0.1) is 3.57 Å². The van der Waals surface area contributed by atoms with Gasteiger partial charge in [0.15, 0.2) is 0 Å². The van der Waals surface area contributed by atoms with Crippen molar-refractivity contribution in [2.75, 3.05) is 13.3 Å². The van der Waals surface area contributed by atoms with E-state index in [-0.39, 0.29) is 6.61 Å². The van der Waals surface area contributed by atoms with E-state index >= 15 is 0 Å². The molecule has 1 aromatic carbocycles. The third-order valence-corrected chi connectivity index (χ3v) is 3.55. The van der Waals surface area contributed by atoms with Gasteiger partial charge in [-0.15, -0.1) is 0 Å². The first-order valence-corrected chi connectivity index (χ1v) is 7.27. The summed E-state index contributed by atoms with van der Waals surface area (Å²) in [5.41, 5.74) is 2.83. The number of nitrogens with zero attached hydrogens (tertiary/aromatic N) is 2. The van der Waals surface area contributed by atoms with E-state index in [1.807, 2.05) is 53.2 Å². The van der Waals surface area contributed by atoms with Crippen LogP contribution in [-0.4, -0.2) is 22.7 Å². The van der Waals surface area contributed by atoms with Gasteiger partial charge in [0.1, 0.15) is 24.7 Å². The summed E-state index contributed by atoms with van der Waals surface area (Å²) >= 11 is 2.27. The summed E-state index contributed by atoms with van der Waals surface area (Å²) in [7, 11) is 0. The van der Waals surface area contributed by atoms with E-state index in [2.05, 4.69) is 27.6 Å². The number of ether oxygens (including phenoxy) is 1. The molecule has 0 fully saturated rings. The van der Waals surface area contributed by atoms with Gasteiger partial charge in [-0.3, -0.25) is 0 Å². The van der Waals surface area contributed by atoms with Crippen LogP contribution in [0.15, 0.2) is 48.8 Å². The zero-order valence-corrected chi connectivity index (χ0v) is 12.7. The lowest BCUT2D eigenvalue weighted by molar-refractivity contribution is 0.273. The molecule has 2 heterocycles. The number of hydrogen-bond acceptors (Lipinski definition) is 2. The fourth-order valence-electron chi connectivity index (χ4n) is 1.98. The number of benzene rings is 1. The number of alkyl halides is 1. The van der Waals surface area contributed by atoms with Crippen molar-refractivity contribution >= 4 is 28.2 Å². The maximum atomic E-state index is 12.0. The highest BCUT2D eigenvalue weighted by molar-refractivity contribution is 14.1. The van der Waals surface area contributed by atoms with Gasteiger partial charge in [-0.2, -0.15) is 0 Å². The van der Waals surface area contributed by atoms with Gasteiger partial charge in [0.2, 0.25) is 0 Å². The molecule has 0 saturated carbocycles. The average molecular weight is 382 g/mol. The maximum absolute atomic E-state index is 12.0. The summed E-state index contributed by atoms with van der Waals surface area (Å²) in [5.74, 6) is 0.671. The summed E-state index contributed by atoms with van der Waals surface area (Å²) in [5, 5.41) is 0. The Kier molecular flexibility index (Phi) is 3.86. The smallest absolute Gasteiger partial charge is 0.137 e. The van der Waals surface area contributed by atoms with Crippen molar-refractivity contribution in [2.45, 2.75) is 0 Å². The molecule has 102 valence electrons. The Hall–Kier alpha value is -1.63. The summed E-state index contributed by atoms with van der Waals surface area (Å²) in [4.78, 5) is 4.57. The summed E-state index contributed by atoms with van der Waals surface area (Å²) in [6.07, 6.45) is 4.03. The number of aromatic nitrogens is 2. The van der Waals surface area contributed by atoms with E-state index in [0.29, 0.717) is 5.75 Å². The number of imidazole rings is 1. The monoisotopic (exact) mass is 382 g/mol. The molecule has 0 aliphatic carbocycles. The average Bonchev–Trinajstić information content (AvgIpc) is 2.88. The highest BCUT2D eigenvalue weighted by Gasteiger charge is 2.05. The zero-order chi connectivity index (χ0) is 13.9. The van der Waals surface area contributed by atoms with Crippen LogP contribution in [0.25, 0.3) is 16.9 Å². The molecule has 0 radical (unpaired) electrons. The van der Waals surface area contributed by atoms with Crippen molar-refractivity contribution in [1.82, 2.24) is 9.38 Å². The Morgan fingerprint density at radius 1 is 1.10 bits per heavy atom. The second-order valence-corrected chi connectivity index (χ2v) is 5.55. The van der Waals surface area contributed by atoms with E-state index in [9.17, 15) is 4.39 Å². The zero-order valence-electron chi connectivity index (χ0n) is 10.6. The standard InChI is InChI=1S/C15H12FIN2O/c16-7-8-20-13-4-1-11(2-5-13)14-10-19-9-12(17)3-6-15(19)18-14/h1-6,9-10H,7-8H2. The molecule has 3 aromatic rings. The van der Waals surface area contributed by atoms with Crippen molar-refractivity contribution in [3.63, 3.8) is 0 Å². The molecule has 0 spiro atoms. The third-order valence-electron chi connectivity index (χ3n) is 2.91. The molecule has 3 nitrogen and oxygen atoms in total. The fourth-order valence-corrected chi connectivity index (χ4v) is 2.46. The number of halogens is 2. The van der Waals surface area contributed by atoms with Crippen LogP contribution in [-0.2, 0) is 0 Å². The van der Waals surface area contributed by atoms with Crippen LogP contribution in [0.1, 0.15) is 0 Å². The molecular formula is C15H12FIN2O. The molecule has 0 unspecified atom stereocenters. The Morgan fingerprint density at radius 2 is 1.90 bits per heavy atom. The van der Waals surface area contributed by atoms with Gasteiger partial charge in [-0.25, -0.2) is 9.37 Å². The highest BCUT2D eigenvalue weighted by atomic mass is 127. The van der Waals surface area contributed by atoms with Crippen LogP contribution in [0.5, 0.6) is 5.75 Å². The Morgan fingerprint density at radius 3 is 2.65 bits per heavy atom. The molecular weight excluding hydrogens is 370 g/mol. The van der Waals surface area contributed by atoms with E-state index in [0.717, 1.165) is 20.5 Å². The van der Waals surface area contributed by atoms with Crippen molar-refractivity contribution in [3.05, 3.63) is 52.4 Å². The molecule has 0 atom stereocenters. The molecule has 0 saturated heterocycles. The third kappa shape index (κ3) is 2.77. The largest absolute Gasteiger partial charge is 0.491 e. The number of pyridine rings is 1. The van der Waals surface area contributed by atoms with E-state index in [1.54, 1.807) is 0 Å². The lowest BCUT2D eigenvalue weighted by atomic mass is 10.2. The van der Waals surface area contributed by atoms with E-state index < -0.39 is 6.67 Å². The van der Waals surface area contributed by atoms with Crippen molar-refractivity contribution in [3.8, 4) is 17.0 Å². The Balaban J connectivity index is 1.90. The predicted molar refractivity (Wildman–Crippen MR) is 84.8 cm³/mol. The van der Waals surface area contributed by atoms with Gasteiger partial charge >= 0.3 is 0 Å². The topological polar surface area (TPSA) is 26.5 Å². The second-order valence-electron chi connectivity index (χ2n) is 4.30. The van der Waals surface area contributed by atoms with Gasteiger partial charge in [-0.1, -0.05) is 0 Å². The molecule has 0 N–H and O–H groups in total. The molecule has 20 heavy (non-hydrogen) atoms. The van der Waals surface area contributed by atoms with Gasteiger partial charge in [0.05, 0.1) is 5.69 Å². The normalized spacial score (nSPS) is 10.9. The quantitative estimate of drug-likeness (QED) is 0.639.